The van der Waals surface area contributed by atoms with E-state index in [-0.39, 0.29) is 24.4 Å². The zero-order valence-corrected chi connectivity index (χ0v) is 15.8. The van der Waals surface area contributed by atoms with Crippen LogP contribution in [0.1, 0.15) is 29.6 Å². The number of nitrogens with one attached hydrogen (secondary N) is 1. The summed E-state index contributed by atoms with van der Waals surface area (Å²) in [6.07, 6.45) is 1.06. The van der Waals surface area contributed by atoms with Gasteiger partial charge in [-0.1, -0.05) is 18.2 Å². The Morgan fingerprint density at radius 2 is 1.96 bits per heavy atom. The van der Waals surface area contributed by atoms with Crippen molar-refractivity contribution in [3.63, 3.8) is 0 Å². The normalized spacial score (nSPS) is 22.8. The molecule has 2 bridgehead atoms. The Labute approximate surface area is 163 Å². The van der Waals surface area contributed by atoms with Gasteiger partial charge in [0.15, 0.2) is 0 Å². The van der Waals surface area contributed by atoms with Gasteiger partial charge in [-0.15, -0.1) is 12.4 Å². The van der Waals surface area contributed by atoms with Gasteiger partial charge in [-0.3, -0.25) is 4.90 Å². The first-order chi connectivity index (χ1) is 12.7. The molecule has 0 spiro atoms. The Balaban J connectivity index is 0.00000180. The molecule has 2 aliphatic rings. The van der Waals surface area contributed by atoms with E-state index in [1.54, 1.807) is 7.11 Å². The Kier molecular flexibility index (Phi) is 4.58. The van der Waals surface area contributed by atoms with E-state index in [0.717, 1.165) is 41.9 Å². The van der Waals surface area contributed by atoms with E-state index in [4.69, 9.17) is 9.47 Å². The van der Waals surface area contributed by atoms with E-state index in [9.17, 15) is 4.79 Å². The van der Waals surface area contributed by atoms with Crippen LogP contribution in [-0.4, -0.2) is 36.1 Å². The smallest absolute Gasteiger partial charge is 0.334 e. The lowest BCUT2D eigenvalue weighted by Crippen LogP contribution is -2.38. The number of nitrogens with zero attached hydrogens (tertiary/aromatic N) is 1. The third-order valence-corrected chi connectivity index (χ3v) is 5.53. The van der Waals surface area contributed by atoms with Crippen LogP contribution in [0.4, 0.5) is 0 Å². The zero-order chi connectivity index (χ0) is 17.7. The van der Waals surface area contributed by atoms with Crippen molar-refractivity contribution >= 4 is 29.3 Å². The van der Waals surface area contributed by atoms with E-state index in [1.165, 1.54) is 5.56 Å². The summed E-state index contributed by atoms with van der Waals surface area (Å²) < 4.78 is 11.1. The van der Waals surface area contributed by atoms with Crippen molar-refractivity contribution in [2.24, 2.45) is 0 Å². The van der Waals surface area contributed by atoms with Crippen LogP contribution in [-0.2, 0) is 4.79 Å². The highest BCUT2D eigenvalue weighted by atomic mass is 35.5. The lowest BCUT2D eigenvalue weighted by molar-refractivity contribution is -0.140. The van der Waals surface area contributed by atoms with Crippen LogP contribution >= 0.6 is 12.4 Å². The fourth-order valence-electron chi connectivity index (χ4n) is 4.36. The SMILES string of the molecule is COc1ccc2[nH]c3c(c2c1)C1CCN(C1)C3C(=O)Oc1ccccc1.Cl. The van der Waals surface area contributed by atoms with Gasteiger partial charge >= 0.3 is 5.97 Å². The third-order valence-electron chi connectivity index (χ3n) is 5.53. The van der Waals surface area contributed by atoms with Crippen molar-refractivity contribution in [3.8, 4) is 11.5 Å². The van der Waals surface area contributed by atoms with E-state index in [0.29, 0.717) is 11.7 Å². The molecule has 2 aliphatic heterocycles. The molecule has 1 saturated heterocycles. The van der Waals surface area contributed by atoms with Gasteiger partial charge in [-0.05, 0) is 42.3 Å². The summed E-state index contributed by atoms with van der Waals surface area (Å²) in [6, 6.07) is 14.9. The molecule has 3 aromatic rings. The summed E-state index contributed by atoms with van der Waals surface area (Å²) >= 11 is 0. The molecule has 5 rings (SSSR count). The Hall–Kier alpha value is -2.50. The number of H-pyrrole nitrogens is 1. The lowest BCUT2D eigenvalue weighted by atomic mass is 9.90. The summed E-state index contributed by atoms with van der Waals surface area (Å²) in [5.74, 6) is 1.64. The van der Waals surface area contributed by atoms with Gasteiger partial charge in [0.25, 0.3) is 0 Å². The molecule has 27 heavy (non-hydrogen) atoms. The minimum atomic E-state index is -0.387. The van der Waals surface area contributed by atoms with Crippen LogP contribution in [0, 0.1) is 0 Å². The second kappa shape index (κ2) is 6.91. The number of fused-ring (bicyclic) bond motifs is 6. The molecule has 2 aromatic carbocycles. The monoisotopic (exact) mass is 384 g/mol. The van der Waals surface area contributed by atoms with Gasteiger partial charge in [-0.25, -0.2) is 4.79 Å². The molecule has 3 unspecified atom stereocenters. The van der Waals surface area contributed by atoms with E-state index in [2.05, 4.69) is 16.0 Å². The number of carbonyl (C=O) groups excluding carboxylic acids is 1. The zero-order valence-electron chi connectivity index (χ0n) is 15.0. The van der Waals surface area contributed by atoms with Crippen molar-refractivity contribution in [3.05, 3.63) is 59.8 Å². The van der Waals surface area contributed by atoms with Crippen molar-refractivity contribution < 1.29 is 14.3 Å². The van der Waals surface area contributed by atoms with Crippen molar-refractivity contribution in [1.82, 2.24) is 9.88 Å². The second-order valence-corrected chi connectivity index (χ2v) is 6.98. The third kappa shape index (κ3) is 2.87. The molecular formula is C21H21ClN2O3. The first-order valence-electron chi connectivity index (χ1n) is 8.95. The molecule has 1 fully saturated rings. The number of methoxy groups -OCH3 is 1. The predicted octanol–water partition coefficient (Wildman–Crippen LogP) is 4.05. The fraction of sp³-hybridized carbons (Fsp3) is 0.286. The molecule has 3 atom stereocenters. The van der Waals surface area contributed by atoms with Crippen LogP contribution in [0.3, 0.4) is 0 Å². The highest BCUT2D eigenvalue weighted by Crippen LogP contribution is 2.46. The summed E-state index contributed by atoms with van der Waals surface area (Å²) in [7, 11) is 1.68. The number of esters is 1. The highest BCUT2D eigenvalue weighted by Gasteiger charge is 2.44. The van der Waals surface area contributed by atoms with Gasteiger partial charge in [0.05, 0.1) is 7.11 Å². The number of benzene rings is 2. The van der Waals surface area contributed by atoms with Gasteiger partial charge in [0.1, 0.15) is 17.5 Å². The van der Waals surface area contributed by atoms with Crippen LogP contribution in [0.5, 0.6) is 11.5 Å². The van der Waals surface area contributed by atoms with Gasteiger partial charge in [-0.2, -0.15) is 0 Å². The molecule has 1 aromatic heterocycles. The van der Waals surface area contributed by atoms with Crippen LogP contribution in [0.15, 0.2) is 48.5 Å². The first-order valence-corrected chi connectivity index (χ1v) is 8.95. The molecule has 5 nitrogen and oxygen atoms in total. The maximum absolute atomic E-state index is 13.0. The Morgan fingerprint density at radius 3 is 2.74 bits per heavy atom. The largest absolute Gasteiger partial charge is 0.497 e. The molecule has 0 radical (unpaired) electrons. The number of rotatable bonds is 3. The average molecular weight is 385 g/mol. The number of carbonyl (C=O) groups is 1. The molecule has 0 aliphatic carbocycles. The lowest BCUT2D eigenvalue weighted by Gasteiger charge is -2.30. The standard InChI is InChI=1S/C21H20N2O3.ClH/c1-25-15-7-8-17-16(11-15)18-13-9-10-23(12-13)20(19(18)22-17)21(24)26-14-5-3-2-4-6-14;/h2-8,11,13,20,22H,9-10,12H2,1H3;1H. The number of aromatic nitrogens is 1. The maximum Gasteiger partial charge on any atom is 0.334 e. The number of halogens is 1. The molecule has 3 heterocycles. The maximum atomic E-state index is 13.0. The van der Waals surface area contributed by atoms with Crippen LogP contribution in [0.25, 0.3) is 10.9 Å². The average Bonchev–Trinajstić information content (AvgIpc) is 3.24. The number of ether oxygens (including phenoxy) is 2. The Bertz CT molecular complexity index is 986. The van der Waals surface area contributed by atoms with Gasteiger partial charge in [0.2, 0.25) is 0 Å². The first kappa shape index (κ1) is 17.9. The number of aromatic amines is 1. The van der Waals surface area contributed by atoms with Crippen molar-refractivity contribution in [2.75, 3.05) is 20.2 Å². The molecule has 0 saturated carbocycles. The van der Waals surface area contributed by atoms with E-state index in [1.807, 2.05) is 42.5 Å². The fourth-order valence-corrected chi connectivity index (χ4v) is 4.36. The number of hydrogen-bond acceptors (Lipinski definition) is 4. The highest BCUT2D eigenvalue weighted by molar-refractivity contribution is 5.90. The molecule has 140 valence electrons. The van der Waals surface area contributed by atoms with E-state index < -0.39 is 0 Å². The number of hydrogen-bond donors (Lipinski definition) is 1. The molecule has 1 N–H and O–H groups in total. The summed E-state index contributed by atoms with van der Waals surface area (Å²) in [4.78, 5) is 18.7. The topological polar surface area (TPSA) is 54.6 Å². The predicted molar refractivity (Wildman–Crippen MR) is 106 cm³/mol. The summed E-state index contributed by atoms with van der Waals surface area (Å²) in [5, 5.41) is 1.16. The minimum Gasteiger partial charge on any atom is -0.497 e. The summed E-state index contributed by atoms with van der Waals surface area (Å²) in [5.41, 5.74) is 3.27. The summed E-state index contributed by atoms with van der Waals surface area (Å²) in [6.45, 7) is 1.80. The quantitative estimate of drug-likeness (QED) is 0.546. The van der Waals surface area contributed by atoms with Gasteiger partial charge < -0.3 is 14.5 Å². The number of para-hydroxylation sites is 1. The van der Waals surface area contributed by atoms with Crippen molar-refractivity contribution in [1.29, 1.82) is 0 Å². The van der Waals surface area contributed by atoms with Crippen molar-refractivity contribution in [2.45, 2.75) is 18.4 Å². The Morgan fingerprint density at radius 1 is 1.15 bits per heavy atom. The van der Waals surface area contributed by atoms with Crippen LogP contribution in [0.2, 0.25) is 0 Å². The molecular weight excluding hydrogens is 364 g/mol. The molecule has 0 amide bonds. The van der Waals surface area contributed by atoms with E-state index >= 15 is 0 Å². The minimum absolute atomic E-state index is 0. The second-order valence-electron chi connectivity index (χ2n) is 6.98. The molecule has 6 heteroatoms. The van der Waals surface area contributed by atoms with Gasteiger partial charge in [0, 0.05) is 35.6 Å². The van der Waals surface area contributed by atoms with Crippen LogP contribution < -0.4 is 9.47 Å².